The molecule has 1 aromatic heterocycles. The first kappa shape index (κ1) is 13.8. The van der Waals surface area contributed by atoms with Crippen molar-refractivity contribution in [3.05, 3.63) is 50.7 Å². The van der Waals surface area contributed by atoms with Crippen molar-refractivity contribution < 1.29 is 0 Å². The fraction of sp³-hybridized carbons (Fsp3) is 0.308. The van der Waals surface area contributed by atoms with Crippen LogP contribution in [0.5, 0.6) is 0 Å². The Bertz CT molecular complexity index is 537. The molecule has 0 saturated carbocycles. The van der Waals surface area contributed by atoms with Crippen molar-refractivity contribution in [2.45, 2.75) is 13.0 Å². The summed E-state index contributed by atoms with van der Waals surface area (Å²) in [6.45, 7) is 3.00. The lowest BCUT2D eigenvalue weighted by atomic mass is 10.0. The zero-order valence-electron chi connectivity index (χ0n) is 10.3. The van der Waals surface area contributed by atoms with Gasteiger partial charge in [-0.2, -0.15) is 5.10 Å². The molecule has 5 heteroatoms. The van der Waals surface area contributed by atoms with E-state index in [-0.39, 0.29) is 6.04 Å². The van der Waals surface area contributed by atoms with Gasteiger partial charge >= 0.3 is 0 Å². The van der Waals surface area contributed by atoms with Gasteiger partial charge in [0.15, 0.2) is 0 Å². The number of halogens is 2. The van der Waals surface area contributed by atoms with E-state index in [2.05, 4.69) is 61.3 Å². The number of nitrogens with one attached hydrogen (secondary N) is 1. The average molecular weight is 373 g/mol. The predicted molar refractivity (Wildman–Crippen MR) is 80.6 cm³/mol. The highest BCUT2D eigenvalue weighted by Crippen LogP contribution is 2.30. The van der Waals surface area contributed by atoms with Gasteiger partial charge in [0.05, 0.1) is 11.7 Å². The minimum absolute atomic E-state index is 0.134. The largest absolute Gasteiger partial charge is 0.305 e. The van der Waals surface area contributed by atoms with Crippen LogP contribution in [0.2, 0.25) is 0 Å². The molecule has 1 aromatic carbocycles. The molecule has 0 aliphatic rings. The number of benzene rings is 1. The molecule has 0 amide bonds. The van der Waals surface area contributed by atoms with Crippen LogP contribution in [-0.2, 0) is 7.05 Å². The van der Waals surface area contributed by atoms with Crippen LogP contribution in [0, 0.1) is 0 Å². The Labute approximate surface area is 124 Å². The number of aryl methyl sites for hydroxylation is 1. The molecule has 1 atom stereocenters. The van der Waals surface area contributed by atoms with Crippen molar-refractivity contribution in [2.24, 2.45) is 7.05 Å². The second-order valence-electron chi connectivity index (χ2n) is 4.04. The van der Waals surface area contributed by atoms with Gasteiger partial charge in [0, 0.05) is 22.2 Å². The maximum atomic E-state index is 4.25. The highest BCUT2D eigenvalue weighted by atomic mass is 79.9. The molecule has 0 aliphatic carbocycles. The van der Waals surface area contributed by atoms with E-state index in [1.54, 1.807) is 0 Å². The number of hydrogen-bond donors (Lipinski definition) is 1. The van der Waals surface area contributed by atoms with Gasteiger partial charge in [0.1, 0.15) is 0 Å². The quantitative estimate of drug-likeness (QED) is 0.887. The van der Waals surface area contributed by atoms with E-state index in [1.807, 2.05) is 30.1 Å². The lowest BCUT2D eigenvalue weighted by molar-refractivity contribution is 0.571. The third kappa shape index (κ3) is 2.84. The van der Waals surface area contributed by atoms with E-state index in [9.17, 15) is 0 Å². The maximum Gasteiger partial charge on any atom is 0.0759 e. The monoisotopic (exact) mass is 371 g/mol. The lowest BCUT2D eigenvalue weighted by Gasteiger charge is -2.20. The van der Waals surface area contributed by atoms with Crippen LogP contribution >= 0.6 is 31.9 Å². The Morgan fingerprint density at radius 3 is 2.72 bits per heavy atom. The Balaban J connectivity index is 2.48. The number of nitrogens with zero attached hydrogens (tertiary/aromatic N) is 2. The fourth-order valence-corrected chi connectivity index (χ4v) is 2.84. The summed E-state index contributed by atoms with van der Waals surface area (Å²) < 4.78 is 4.07. The zero-order valence-corrected chi connectivity index (χ0v) is 13.5. The third-order valence-corrected chi connectivity index (χ3v) is 4.05. The van der Waals surface area contributed by atoms with Crippen LogP contribution in [0.15, 0.2) is 39.4 Å². The summed E-state index contributed by atoms with van der Waals surface area (Å²) in [6.07, 6.45) is 1.82. The molecule has 3 nitrogen and oxygen atoms in total. The second-order valence-corrected chi connectivity index (χ2v) is 5.81. The Morgan fingerprint density at radius 1 is 1.33 bits per heavy atom. The van der Waals surface area contributed by atoms with Crippen molar-refractivity contribution >= 4 is 31.9 Å². The van der Waals surface area contributed by atoms with Crippen molar-refractivity contribution in [2.75, 3.05) is 6.54 Å². The van der Waals surface area contributed by atoms with Crippen molar-refractivity contribution in [1.82, 2.24) is 15.1 Å². The first-order valence-electron chi connectivity index (χ1n) is 5.79. The van der Waals surface area contributed by atoms with E-state index < -0.39 is 0 Å². The van der Waals surface area contributed by atoms with Crippen LogP contribution in [0.4, 0.5) is 0 Å². The normalized spacial score (nSPS) is 12.7. The molecular weight excluding hydrogens is 358 g/mol. The highest BCUT2D eigenvalue weighted by molar-refractivity contribution is 9.11. The molecule has 2 aromatic rings. The molecule has 1 N–H and O–H groups in total. The molecule has 0 radical (unpaired) electrons. The molecule has 1 heterocycles. The van der Waals surface area contributed by atoms with E-state index in [0.29, 0.717) is 0 Å². The molecule has 0 saturated heterocycles. The number of rotatable bonds is 4. The molecule has 18 heavy (non-hydrogen) atoms. The van der Waals surface area contributed by atoms with Crippen LogP contribution in [0.1, 0.15) is 24.2 Å². The number of hydrogen-bond acceptors (Lipinski definition) is 2. The molecule has 0 fully saturated rings. The van der Waals surface area contributed by atoms with Crippen LogP contribution in [0.25, 0.3) is 0 Å². The SMILES string of the molecule is CCNC(c1cc(Br)ccc1Br)c1ccnn1C. The molecular formula is C13H15Br2N3. The molecule has 0 aliphatic heterocycles. The first-order valence-corrected chi connectivity index (χ1v) is 7.38. The molecule has 96 valence electrons. The van der Waals surface area contributed by atoms with Gasteiger partial charge in [-0.05, 0) is 36.4 Å². The summed E-state index contributed by atoms with van der Waals surface area (Å²) in [5.41, 5.74) is 2.35. The lowest BCUT2D eigenvalue weighted by Crippen LogP contribution is -2.24. The van der Waals surface area contributed by atoms with E-state index >= 15 is 0 Å². The second kappa shape index (κ2) is 5.99. The van der Waals surface area contributed by atoms with E-state index in [0.717, 1.165) is 21.2 Å². The Hall–Kier alpha value is -0.650. The minimum atomic E-state index is 0.134. The molecule has 2 rings (SSSR count). The highest BCUT2D eigenvalue weighted by Gasteiger charge is 2.18. The van der Waals surface area contributed by atoms with Gasteiger partial charge in [0.2, 0.25) is 0 Å². The van der Waals surface area contributed by atoms with Gasteiger partial charge in [-0.1, -0.05) is 38.8 Å². The standard InChI is InChI=1S/C13H15Br2N3/c1-3-16-13(12-6-7-17-18(12)2)10-8-9(14)4-5-11(10)15/h4-8,13,16H,3H2,1-2H3. The van der Waals surface area contributed by atoms with Crippen LogP contribution < -0.4 is 5.32 Å². The van der Waals surface area contributed by atoms with Gasteiger partial charge in [-0.15, -0.1) is 0 Å². The predicted octanol–water partition coefficient (Wildman–Crippen LogP) is 3.64. The summed E-state index contributed by atoms with van der Waals surface area (Å²) in [7, 11) is 1.96. The summed E-state index contributed by atoms with van der Waals surface area (Å²) in [4.78, 5) is 0. The molecule has 0 bridgehead atoms. The number of aromatic nitrogens is 2. The van der Waals surface area contributed by atoms with Crippen LogP contribution in [-0.4, -0.2) is 16.3 Å². The van der Waals surface area contributed by atoms with Crippen molar-refractivity contribution in [3.63, 3.8) is 0 Å². The van der Waals surface area contributed by atoms with E-state index in [1.165, 1.54) is 5.56 Å². The van der Waals surface area contributed by atoms with Crippen molar-refractivity contribution in [3.8, 4) is 0 Å². The average Bonchev–Trinajstić information content (AvgIpc) is 2.76. The topological polar surface area (TPSA) is 29.9 Å². The minimum Gasteiger partial charge on any atom is -0.305 e. The summed E-state index contributed by atoms with van der Waals surface area (Å²) >= 11 is 7.15. The van der Waals surface area contributed by atoms with Gasteiger partial charge in [-0.3, -0.25) is 4.68 Å². The van der Waals surface area contributed by atoms with Crippen molar-refractivity contribution in [1.29, 1.82) is 0 Å². The summed E-state index contributed by atoms with van der Waals surface area (Å²) in [6, 6.07) is 8.39. The first-order chi connectivity index (χ1) is 8.63. The maximum absolute atomic E-state index is 4.25. The van der Waals surface area contributed by atoms with Crippen LogP contribution in [0.3, 0.4) is 0 Å². The zero-order chi connectivity index (χ0) is 13.1. The Kier molecular flexibility index (Phi) is 4.59. The Morgan fingerprint density at radius 2 is 2.11 bits per heavy atom. The van der Waals surface area contributed by atoms with Gasteiger partial charge < -0.3 is 5.32 Å². The van der Waals surface area contributed by atoms with Gasteiger partial charge in [0.25, 0.3) is 0 Å². The summed E-state index contributed by atoms with van der Waals surface area (Å²) in [5.74, 6) is 0. The fourth-order valence-electron chi connectivity index (χ4n) is 1.98. The van der Waals surface area contributed by atoms with E-state index in [4.69, 9.17) is 0 Å². The smallest absolute Gasteiger partial charge is 0.0759 e. The molecule has 1 unspecified atom stereocenters. The molecule has 0 spiro atoms. The third-order valence-electron chi connectivity index (χ3n) is 2.83. The summed E-state index contributed by atoms with van der Waals surface area (Å²) in [5, 5.41) is 7.75. The van der Waals surface area contributed by atoms with Gasteiger partial charge in [-0.25, -0.2) is 0 Å².